The zero-order chi connectivity index (χ0) is 19.2. The van der Waals surface area contributed by atoms with Crippen LogP contribution in [-0.2, 0) is 6.54 Å². The van der Waals surface area contributed by atoms with E-state index in [0.717, 1.165) is 18.5 Å². The van der Waals surface area contributed by atoms with E-state index in [-0.39, 0.29) is 17.6 Å². The molecule has 0 radical (unpaired) electrons. The molecule has 1 fully saturated rings. The van der Waals surface area contributed by atoms with Gasteiger partial charge in [-0.3, -0.25) is 9.59 Å². The molecule has 0 aliphatic heterocycles. The molecule has 1 aliphatic carbocycles. The van der Waals surface area contributed by atoms with E-state index in [1.165, 1.54) is 32.2 Å². The summed E-state index contributed by atoms with van der Waals surface area (Å²) >= 11 is 0. The van der Waals surface area contributed by atoms with Crippen LogP contribution in [-0.4, -0.2) is 35.2 Å². The third-order valence-electron chi connectivity index (χ3n) is 4.75. The first-order valence-electron chi connectivity index (χ1n) is 9.23. The quantitative estimate of drug-likeness (QED) is 0.808. The lowest BCUT2D eigenvalue weighted by molar-refractivity contribution is 0.0951. The van der Waals surface area contributed by atoms with Crippen molar-refractivity contribution in [2.24, 2.45) is 0 Å². The molecular formula is C20H25N3O4. The Bertz CT molecular complexity index is 839. The van der Waals surface area contributed by atoms with E-state index in [1.54, 1.807) is 22.8 Å². The van der Waals surface area contributed by atoms with Crippen LogP contribution in [0.5, 0.6) is 11.6 Å². The van der Waals surface area contributed by atoms with Crippen LogP contribution in [0.2, 0.25) is 0 Å². The number of hydrogen-bond donors (Lipinski definition) is 1. The molecule has 1 saturated carbocycles. The number of aromatic nitrogens is 2. The Morgan fingerprint density at radius 1 is 1.30 bits per heavy atom. The number of aryl methyl sites for hydroxylation is 1. The fraction of sp³-hybridized carbons (Fsp3) is 0.450. The average Bonchev–Trinajstić information content (AvgIpc) is 3.17. The lowest BCUT2D eigenvalue weighted by Gasteiger charge is -2.13. The Balaban J connectivity index is 1.53. The van der Waals surface area contributed by atoms with Gasteiger partial charge in [-0.05, 0) is 44.7 Å². The second-order valence-corrected chi connectivity index (χ2v) is 6.69. The van der Waals surface area contributed by atoms with Crippen LogP contribution >= 0.6 is 0 Å². The van der Waals surface area contributed by atoms with Crippen LogP contribution in [0.15, 0.2) is 35.3 Å². The Morgan fingerprint density at radius 3 is 2.70 bits per heavy atom. The second-order valence-electron chi connectivity index (χ2n) is 6.69. The molecule has 1 aliphatic rings. The highest BCUT2D eigenvalue weighted by atomic mass is 16.5. The van der Waals surface area contributed by atoms with Crippen LogP contribution < -0.4 is 20.3 Å². The van der Waals surface area contributed by atoms with E-state index >= 15 is 0 Å². The minimum atomic E-state index is -0.228. The molecule has 2 aromatic heterocycles. The third kappa shape index (κ3) is 4.87. The minimum absolute atomic E-state index is 0.156. The summed E-state index contributed by atoms with van der Waals surface area (Å²) < 4.78 is 12.5. The molecule has 0 spiro atoms. The van der Waals surface area contributed by atoms with Crippen molar-refractivity contribution in [1.82, 2.24) is 14.9 Å². The summed E-state index contributed by atoms with van der Waals surface area (Å²) in [7, 11) is 1.52. The fourth-order valence-corrected chi connectivity index (χ4v) is 3.25. The molecule has 0 bridgehead atoms. The van der Waals surface area contributed by atoms with Gasteiger partial charge in [-0.1, -0.05) is 0 Å². The van der Waals surface area contributed by atoms with Gasteiger partial charge in [0.2, 0.25) is 5.88 Å². The summed E-state index contributed by atoms with van der Waals surface area (Å²) in [5.74, 6) is 0.858. The van der Waals surface area contributed by atoms with Crippen LogP contribution in [0.3, 0.4) is 0 Å². The van der Waals surface area contributed by atoms with Gasteiger partial charge >= 0.3 is 0 Å². The molecular weight excluding hydrogens is 346 g/mol. The smallest absolute Gasteiger partial charge is 0.254 e. The highest BCUT2D eigenvalue weighted by molar-refractivity contribution is 5.93. The van der Waals surface area contributed by atoms with Gasteiger partial charge in [0.05, 0.1) is 12.7 Å². The molecule has 7 nitrogen and oxygen atoms in total. The first-order chi connectivity index (χ1) is 13.1. The Morgan fingerprint density at radius 2 is 2.07 bits per heavy atom. The topological polar surface area (TPSA) is 82.4 Å². The van der Waals surface area contributed by atoms with Crippen molar-refractivity contribution in [2.75, 3.05) is 13.7 Å². The molecule has 0 aromatic carbocycles. The Kier molecular flexibility index (Phi) is 6.11. The van der Waals surface area contributed by atoms with Crippen molar-refractivity contribution in [2.45, 2.75) is 45.3 Å². The molecule has 1 amide bonds. The minimum Gasteiger partial charge on any atom is -0.496 e. The van der Waals surface area contributed by atoms with Crippen molar-refractivity contribution >= 4 is 5.91 Å². The number of carbonyl (C=O) groups excluding carboxylic acids is 1. The maximum absolute atomic E-state index is 12.3. The molecule has 0 atom stereocenters. The van der Waals surface area contributed by atoms with Crippen molar-refractivity contribution in [1.29, 1.82) is 0 Å². The normalized spacial score (nSPS) is 14.1. The maximum atomic E-state index is 12.3. The lowest BCUT2D eigenvalue weighted by atomic mass is 10.2. The predicted molar refractivity (Wildman–Crippen MR) is 101 cm³/mol. The molecule has 27 heavy (non-hydrogen) atoms. The molecule has 0 unspecified atom stereocenters. The molecule has 7 heteroatoms. The van der Waals surface area contributed by atoms with Crippen LogP contribution in [0.4, 0.5) is 0 Å². The number of amides is 1. The van der Waals surface area contributed by atoms with E-state index < -0.39 is 0 Å². The van der Waals surface area contributed by atoms with Crippen LogP contribution in [0.1, 0.15) is 41.7 Å². The van der Waals surface area contributed by atoms with E-state index in [1.807, 2.05) is 6.92 Å². The van der Waals surface area contributed by atoms with Gasteiger partial charge in [-0.15, -0.1) is 0 Å². The largest absolute Gasteiger partial charge is 0.496 e. The summed E-state index contributed by atoms with van der Waals surface area (Å²) in [4.78, 5) is 28.6. The van der Waals surface area contributed by atoms with Gasteiger partial charge in [-0.2, -0.15) is 0 Å². The number of ether oxygens (including phenoxy) is 2. The highest BCUT2D eigenvalue weighted by Crippen LogP contribution is 2.22. The first kappa shape index (κ1) is 18.9. The fourth-order valence-electron chi connectivity index (χ4n) is 3.25. The second kappa shape index (κ2) is 8.70. The summed E-state index contributed by atoms with van der Waals surface area (Å²) in [5.41, 5.74) is 1.09. The zero-order valence-corrected chi connectivity index (χ0v) is 15.7. The number of carbonyl (C=O) groups is 1. The van der Waals surface area contributed by atoms with Crippen molar-refractivity contribution in [3.8, 4) is 11.6 Å². The summed E-state index contributed by atoms with van der Waals surface area (Å²) in [6, 6.07) is 6.65. The predicted octanol–water partition coefficient (Wildman–Crippen LogP) is 2.31. The van der Waals surface area contributed by atoms with Gasteiger partial charge in [0.15, 0.2) is 0 Å². The number of nitrogens with zero attached hydrogens (tertiary/aromatic N) is 2. The van der Waals surface area contributed by atoms with E-state index in [2.05, 4.69) is 10.3 Å². The van der Waals surface area contributed by atoms with Crippen molar-refractivity contribution in [3.63, 3.8) is 0 Å². The monoisotopic (exact) mass is 371 g/mol. The summed E-state index contributed by atoms with van der Waals surface area (Å²) in [6.45, 7) is 2.56. The van der Waals surface area contributed by atoms with Crippen LogP contribution in [0, 0.1) is 6.92 Å². The van der Waals surface area contributed by atoms with Crippen molar-refractivity contribution in [3.05, 3.63) is 52.1 Å². The summed E-state index contributed by atoms with van der Waals surface area (Å²) in [5, 5.41) is 2.81. The standard InChI is InChI=1S/C20H25N3O4/c1-14-11-17(26-2)12-19(24)23(14)10-9-21-20(25)15-7-8-18(22-13-15)27-16-5-3-4-6-16/h7-8,11-13,16H,3-6,9-10H2,1-2H3,(H,21,25). The van der Waals surface area contributed by atoms with E-state index in [0.29, 0.717) is 30.3 Å². The molecule has 0 saturated heterocycles. The van der Waals surface area contributed by atoms with E-state index in [9.17, 15) is 9.59 Å². The molecule has 2 heterocycles. The maximum Gasteiger partial charge on any atom is 0.254 e. The average molecular weight is 371 g/mol. The number of methoxy groups -OCH3 is 1. The number of rotatable bonds is 7. The summed E-state index contributed by atoms with van der Waals surface area (Å²) in [6.07, 6.45) is 6.28. The van der Waals surface area contributed by atoms with Gasteiger partial charge in [0.1, 0.15) is 11.9 Å². The Labute approximate surface area is 158 Å². The van der Waals surface area contributed by atoms with E-state index in [4.69, 9.17) is 9.47 Å². The lowest BCUT2D eigenvalue weighted by Crippen LogP contribution is -2.31. The molecule has 1 N–H and O–H groups in total. The third-order valence-corrected chi connectivity index (χ3v) is 4.75. The van der Waals surface area contributed by atoms with Crippen LogP contribution in [0.25, 0.3) is 0 Å². The Hall–Kier alpha value is -2.83. The van der Waals surface area contributed by atoms with Gasteiger partial charge in [-0.25, -0.2) is 4.98 Å². The first-order valence-corrected chi connectivity index (χ1v) is 9.23. The van der Waals surface area contributed by atoms with Gasteiger partial charge < -0.3 is 19.4 Å². The number of nitrogens with one attached hydrogen (secondary N) is 1. The van der Waals surface area contributed by atoms with Crippen molar-refractivity contribution < 1.29 is 14.3 Å². The SMILES string of the molecule is COc1cc(C)n(CCNC(=O)c2ccc(OC3CCCC3)nc2)c(=O)c1. The number of pyridine rings is 2. The zero-order valence-electron chi connectivity index (χ0n) is 15.7. The molecule has 2 aromatic rings. The van der Waals surface area contributed by atoms with Gasteiger partial charge in [0, 0.05) is 37.1 Å². The number of hydrogen-bond acceptors (Lipinski definition) is 5. The highest BCUT2D eigenvalue weighted by Gasteiger charge is 2.17. The van der Waals surface area contributed by atoms with Gasteiger partial charge in [0.25, 0.3) is 11.5 Å². The molecule has 144 valence electrons. The molecule has 3 rings (SSSR count).